The minimum atomic E-state index is -3.10. The van der Waals surface area contributed by atoms with Crippen molar-refractivity contribution in [3.63, 3.8) is 0 Å². The highest BCUT2D eigenvalue weighted by molar-refractivity contribution is 5.99. The highest BCUT2D eigenvalue weighted by Crippen LogP contribution is 2.18. The van der Waals surface area contributed by atoms with Crippen LogP contribution in [0.15, 0.2) is 18.2 Å². The zero-order valence-electron chi connectivity index (χ0n) is 8.82. The first-order valence-corrected chi connectivity index (χ1v) is 4.64. The molecule has 5 nitrogen and oxygen atoms in total. The Bertz CT molecular complexity index is 464. The number of ketones is 1. The van der Waals surface area contributed by atoms with Crippen LogP contribution in [-0.4, -0.2) is 30.1 Å². The van der Waals surface area contributed by atoms with Gasteiger partial charge in [0, 0.05) is 6.07 Å². The molecule has 1 aromatic rings. The summed E-state index contributed by atoms with van der Waals surface area (Å²) in [7, 11) is 0. The molecular weight excluding hydrogens is 255 g/mol. The maximum absolute atomic E-state index is 13.4. The van der Waals surface area contributed by atoms with Gasteiger partial charge in [0.2, 0.25) is 0 Å². The molecule has 0 aliphatic carbocycles. The molecule has 0 saturated heterocycles. The number of hydrogen-bond donors (Lipinski definition) is 2. The van der Waals surface area contributed by atoms with Crippen LogP contribution < -0.4 is 10.1 Å². The summed E-state index contributed by atoms with van der Waals surface area (Å²) in [6.07, 6.45) is -1.43. The molecule has 1 rings (SSSR count). The monoisotopic (exact) mass is 263 g/mol. The van der Waals surface area contributed by atoms with E-state index in [-0.39, 0.29) is 0 Å². The van der Waals surface area contributed by atoms with Gasteiger partial charge in [0.25, 0.3) is 0 Å². The van der Waals surface area contributed by atoms with Crippen molar-refractivity contribution < 1.29 is 32.6 Å². The summed E-state index contributed by atoms with van der Waals surface area (Å²) < 4.78 is 41.0. The van der Waals surface area contributed by atoms with E-state index in [1.54, 1.807) is 5.32 Å². The van der Waals surface area contributed by atoms with Crippen molar-refractivity contribution in [1.82, 2.24) is 5.32 Å². The van der Waals surface area contributed by atoms with E-state index in [2.05, 4.69) is 4.74 Å². The molecule has 0 saturated carbocycles. The normalized spacial score (nSPS) is 10.2. The highest BCUT2D eigenvalue weighted by Gasteiger charge is 2.14. The van der Waals surface area contributed by atoms with Crippen LogP contribution in [-0.2, 0) is 0 Å². The molecule has 0 fully saturated rings. The van der Waals surface area contributed by atoms with Gasteiger partial charge in [-0.15, -0.1) is 0 Å². The molecule has 0 unspecified atom stereocenters. The Labute approximate surface area is 99.2 Å². The molecule has 1 aromatic carbocycles. The van der Waals surface area contributed by atoms with E-state index in [9.17, 15) is 22.8 Å². The lowest BCUT2D eigenvalue weighted by Crippen LogP contribution is -2.28. The summed E-state index contributed by atoms with van der Waals surface area (Å²) in [5.74, 6) is -2.31. The number of halogens is 3. The number of Topliss-reactive ketones (excluding diaryl/α,β-unsaturated/α-hetero) is 1. The van der Waals surface area contributed by atoms with Gasteiger partial charge in [0.05, 0.1) is 12.1 Å². The summed E-state index contributed by atoms with van der Waals surface area (Å²) in [6, 6.07) is 2.56. The lowest BCUT2D eigenvalue weighted by Gasteiger charge is -2.07. The number of carbonyl (C=O) groups excluding carboxylic acids is 1. The lowest BCUT2D eigenvalue weighted by molar-refractivity contribution is -0.0500. The average molecular weight is 263 g/mol. The molecule has 0 aliphatic heterocycles. The molecule has 0 heterocycles. The predicted molar refractivity (Wildman–Crippen MR) is 53.4 cm³/mol. The third-order valence-electron chi connectivity index (χ3n) is 1.87. The number of amides is 1. The predicted octanol–water partition coefficient (Wildman–Crippen LogP) is 1.88. The summed E-state index contributed by atoms with van der Waals surface area (Å²) in [5.41, 5.74) is -0.412. The Kier molecular flexibility index (Phi) is 4.52. The Balaban J connectivity index is 2.78. The van der Waals surface area contributed by atoms with Crippen molar-refractivity contribution in [3.05, 3.63) is 29.6 Å². The quantitative estimate of drug-likeness (QED) is 0.795. The number of rotatable bonds is 5. The first-order chi connectivity index (χ1) is 8.40. The van der Waals surface area contributed by atoms with E-state index < -0.39 is 42.2 Å². The third kappa shape index (κ3) is 3.96. The van der Waals surface area contributed by atoms with E-state index in [4.69, 9.17) is 5.11 Å². The molecule has 0 spiro atoms. The minimum absolute atomic E-state index is 0.412. The van der Waals surface area contributed by atoms with Crippen LogP contribution in [0.4, 0.5) is 18.0 Å². The van der Waals surface area contributed by atoms with Gasteiger partial charge in [-0.3, -0.25) is 4.79 Å². The van der Waals surface area contributed by atoms with Crippen LogP contribution in [0.5, 0.6) is 5.75 Å². The van der Waals surface area contributed by atoms with Gasteiger partial charge in [-0.05, 0) is 12.1 Å². The molecule has 18 heavy (non-hydrogen) atoms. The fourth-order valence-corrected chi connectivity index (χ4v) is 1.15. The first kappa shape index (κ1) is 13.8. The van der Waals surface area contributed by atoms with Gasteiger partial charge in [-0.2, -0.15) is 8.78 Å². The van der Waals surface area contributed by atoms with Crippen molar-refractivity contribution in [3.8, 4) is 5.75 Å². The number of benzene rings is 1. The topological polar surface area (TPSA) is 75.6 Å². The number of ether oxygens (including phenoxy) is 1. The van der Waals surface area contributed by atoms with Gasteiger partial charge in [0.1, 0.15) is 11.6 Å². The molecule has 1 amide bonds. The van der Waals surface area contributed by atoms with Crippen molar-refractivity contribution in [2.75, 3.05) is 6.54 Å². The van der Waals surface area contributed by atoms with Crippen molar-refractivity contribution >= 4 is 11.9 Å². The highest BCUT2D eigenvalue weighted by atomic mass is 19.3. The molecule has 8 heteroatoms. The molecular formula is C10H8F3NO4. The van der Waals surface area contributed by atoms with Crippen LogP contribution in [0.3, 0.4) is 0 Å². The Morgan fingerprint density at radius 3 is 2.56 bits per heavy atom. The van der Waals surface area contributed by atoms with Crippen LogP contribution in [0.2, 0.25) is 0 Å². The number of carboxylic acid groups (broad SMARTS) is 1. The van der Waals surface area contributed by atoms with Gasteiger partial charge >= 0.3 is 12.7 Å². The number of carbonyl (C=O) groups is 2. The molecule has 0 bridgehead atoms. The van der Waals surface area contributed by atoms with E-state index in [0.29, 0.717) is 6.07 Å². The summed E-state index contributed by atoms with van der Waals surface area (Å²) >= 11 is 0. The second-order valence-corrected chi connectivity index (χ2v) is 3.10. The molecule has 0 aromatic heterocycles. The van der Waals surface area contributed by atoms with Crippen LogP contribution in [0, 0.1) is 5.82 Å². The smallest absolute Gasteiger partial charge is 0.405 e. The fourth-order valence-electron chi connectivity index (χ4n) is 1.15. The van der Waals surface area contributed by atoms with Crippen molar-refractivity contribution in [2.45, 2.75) is 6.61 Å². The average Bonchev–Trinajstić information content (AvgIpc) is 2.25. The molecule has 2 N–H and O–H groups in total. The van der Waals surface area contributed by atoms with Crippen molar-refractivity contribution in [2.24, 2.45) is 0 Å². The molecule has 98 valence electrons. The fraction of sp³-hybridized carbons (Fsp3) is 0.200. The van der Waals surface area contributed by atoms with Gasteiger partial charge in [-0.1, -0.05) is 0 Å². The largest absolute Gasteiger partial charge is 0.465 e. The minimum Gasteiger partial charge on any atom is -0.465 e. The number of alkyl halides is 2. The number of hydrogen-bond acceptors (Lipinski definition) is 3. The van der Waals surface area contributed by atoms with E-state index in [1.165, 1.54) is 0 Å². The molecule has 0 atom stereocenters. The lowest BCUT2D eigenvalue weighted by atomic mass is 10.1. The Morgan fingerprint density at radius 1 is 1.39 bits per heavy atom. The van der Waals surface area contributed by atoms with Crippen LogP contribution in [0.1, 0.15) is 10.4 Å². The SMILES string of the molecule is O=C(O)NCC(=O)c1ccc(OC(F)F)cc1F. The standard InChI is InChI=1S/C10H8F3NO4/c11-7-3-5(18-9(12)13)1-2-6(7)8(15)4-14-10(16)17/h1-3,9,14H,4H2,(H,16,17). The summed E-state index contributed by atoms with van der Waals surface area (Å²) in [4.78, 5) is 21.5. The van der Waals surface area contributed by atoms with E-state index >= 15 is 0 Å². The van der Waals surface area contributed by atoms with Crippen LogP contribution in [0.25, 0.3) is 0 Å². The number of nitrogens with one attached hydrogen (secondary N) is 1. The molecule has 0 aliphatic rings. The maximum Gasteiger partial charge on any atom is 0.405 e. The summed E-state index contributed by atoms with van der Waals surface area (Å²) in [6.45, 7) is -3.71. The van der Waals surface area contributed by atoms with Crippen LogP contribution >= 0.6 is 0 Å². The molecule has 0 radical (unpaired) electrons. The van der Waals surface area contributed by atoms with E-state index in [1.807, 2.05) is 0 Å². The third-order valence-corrected chi connectivity index (χ3v) is 1.87. The maximum atomic E-state index is 13.4. The second-order valence-electron chi connectivity index (χ2n) is 3.10. The summed E-state index contributed by atoms with van der Waals surface area (Å²) in [5, 5.41) is 10.0. The van der Waals surface area contributed by atoms with Gasteiger partial charge in [0.15, 0.2) is 5.78 Å². The Hall–Kier alpha value is -2.25. The van der Waals surface area contributed by atoms with Gasteiger partial charge in [-0.25, -0.2) is 9.18 Å². The first-order valence-electron chi connectivity index (χ1n) is 4.64. The Morgan fingerprint density at radius 2 is 2.06 bits per heavy atom. The van der Waals surface area contributed by atoms with E-state index in [0.717, 1.165) is 12.1 Å². The zero-order valence-corrected chi connectivity index (χ0v) is 8.82. The zero-order chi connectivity index (χ0) is 13.7. The van der Waals surface area contributed by atoms with Crippen molar-refractivity contribution in [1.29, 1.82) is 0 Å². The second kappa shape index (κ2) is 5.89. The van der Waals surface area contributed by atoms with Gasteiger partial charge < -0.3 is 15.2 Å².